The van der Waals surface area contributed by atoms with Gasteiger partial charge in [-0.25, -0.2) is 13.1 Å². The Morgan fingerprint density at radius 3 is 2.35 bits per heavy atom. The minimum Gasteiger partial charge on any atom is -0.497 e. The van der Waals surface area contributed by atoms with Crippen molar-refractivity contribution in [1.29, 1.82) is 0 Å². The van der Waals surface area contributed by atoms with Gasteiger partial charge in [0.15, 0.2) is 0 Å². The average Bonchev–Trinajstić information content (AvgIpc) is 2.59. The zero-order valence-corrected chi connectivity index (χ0v) is 13.3. The second kappa shape index (κ2) is 7.70. The van der Waals surface area contributed by atoms with Crippen LogP contribution in [0.15, 0.2) is 53.7 Å². The third kappa shape index (κ3) is 4.76. The lowest BCUT2D eigenvalue weighted by molar-refractivity contribution is 0.0954. The standard InChI is InChI=1S/C15H17N3O4S/c1-22-13-2-4-14(5-3-13)23(20,21)18-11-10-17-15(19)12-6-8-16-9-7-12/h2-9,18H,10-11H2,1H3,(H,17,19). The Morgan fingerprint density at radius 2 is 1.74 bits per heavy atom. The zero-order valence-electron chi connectivity index (χ0n) is 12.5. The van der Waals surface area contributed by atoms with Crippen molar-refractivity contribution in [3.63, 3.8) is 0 Å². The van der Waals surface area contributed by atoms with Crippen LogP contribution in [0.5, 0.6) is 5.75 Å². The second-order valence-electron chi connectivity index (χ2n) is 4.57. The molecule has 8 heteroatoms. The summed E-state index contributed by atoms with van der Waals surface area (Å²) in [4.78, 5) is 15.7. The van der Waals surface area contributed by atoms with E-state index in [0.717, 1.165) is 0 Å². The number of hydrogen-bond donors (Lipinski definition) is 2. The van der Waals surface area contributed by atoms with Crippen molar-refractivity contribution in [2.75, 3.05) is 20.2 Å². The fraction of sp³-hybridized carbons (Fsp3) is 0.200. The molecular weight excluding hydrogens is 318 g/mol. The Morgan fingerprint density at radius 1 is 1.09 bits per heavy atom. The predicted octanol–water partition coefficient (Wildman–Crippen LogP) is 0.798. The molecule has 0 aliphatic carbocycles. The number of rotatable bonds is 7. The minimum absolute atomic E-state index is 0.0885. The van der Waals surface area contributed by atoms with Crippen molar-refractivity contribution < 1.29 is 17.9 Å². The Labute approximate surface area is 134 Å². The molecule has 0 aliphatic rings. The van der Waals surface area contributed by atoms with Gasteiger partial charge in [0.05, 0.1) is 12.0 Å². The van der Waals surface area contributed by atoms with Gasteiger partial charge in [0.1, 0.15) is 5.75 Å². The number of nitrogens with one attached hydrogen (secondary N) is 2. The largest absolute Gasteiger partial charge is 0.497 e. The van der Waals surface area contributed by atoms with Gasteiger partial charge in [-0.2, -0.15) is 0 Å². The lowest BCUT2D eigenvalue weighted by atomic mass is 10.2. The first-order valence-electron chi connectivity index (χ1n) is 6.85. The fourth-order valence-electron chi connectivity index (χ4n) is 1.80. The van der Waals surface area contributed by atoms with Gasteiger partial charge in [0.2, 0.25) is 10.0 Å². The van der Waals surface area contributed by atoms with Crippen LogP contribution in [0.4, 0.5) is 0 Å². The number of benzene rings is 1. The van der Waals surface area contributed by atoms with E-state index in [4.69, 9.17) is 4.74 Å². The number of aromatic nitrogens is 1. The van der Waals surface area contributed by atoms with Crippen molar-refractivity contribution >= 4 is 15.9 Å². The molecular formula is C15H17N3O4S. The van der Waals surface area contributed by atoms with Crippen LogP contribution in [0.2, 0.25) is 0 Å². The van der Waals surface area contributed by atoms with Crippen molar-refractivity contribution in [3.05, 3.63) is 54.4 Å². The van der Waals surface area contributed by atoms with Crippen LogP contribution in [-0.2, 0) is 10.0 Å². The zero-order chi connectivity index (χ0) is 16.7. The number of carbonyl (C=O) groups is 1. The number of amides is 1. The van der Waals surface area contributed by atoms with E-state index in [0.29, 0.717) is 11.3 Å². The van der Waals surface area contributed by atoms with E-state index in [1.807, 2.05) is 0 Å². The lowest BCUT2D eigenvalue weighted by Gasteiger charge is -2.08. The normalized spacial score (nSPS) is 11.0. The van der Waals surface area contributed by atoms with Crippen LogP contribution in [0.25, 0.3) is 0 Å². The molecule has 0 spiro atoms. The van der Waals surface area contributed by atoms with Crippen LogP contribution < -0.4 is 14.8 Å². The van der Waals surface area contributed by atoms with Crippen LogP contribution in [0.3, 0.4) is 0 Å². The van der Waals surface area contributed by atoms with Gasteiger partial charge in [-0.1, -0.05) is 0 Å². The first-order chi connectivity index (χ1) is 11.0. The molecule has 0 radical (unpaired) electrons. The Balaban J connectivity index is 1.84. The lowest BCUT2D eigenvalue weighted by Crippen LogP contribution is -2.34. The van der Waals surface area contributed by atoms with E-state index in [1.54, 1.807) is 24.3 Å². The number of hydrogen-bond acceptors (Lipinski definition) is 5. The van der Waals surface area contributed by atoms with E-state index < -0.39 is 10.0 Å². The molecule has 1 aromatic heterocycles. The number of ether oxygens (including phenoxy) is 1. The van der Waals surface area contributed by atoms with Gasteiger partial charge in [-0.05, 0) is 36.4 Å². The predicted molar refractivity (Wildman–Crippen MR) is 84.8 cm³/mol. The number of methoxy groups -OCH3 is 1. The number of sulfonamides is 1. The highest BCUT2D eigenvalue weighted by Gasteiger charge is 2.13. The van der Waals surface area contributed by atoms with E-state index in [2.05, 4.69) is 15.0 Å². The van der Waals surface area contributed by atoms with E-state index >= 15 is 0 Å². The maximum atomic E-state index is 12.1. The summed E-state index contributed by atoms with van der Waals surface area (Å²) in [6, 6.07) is 9.21. The van der Waals surface area contributed by atoms with Crippen molar-refractivity contribution in [2.24, 2.45) is 0 Å². The number of carbonyl (C=O) groups excluding carboxylic acids is 1. The molecule has 1 aromatic carbocycles. The summed E-state index contributed by atoms with van der Waals surface area (Å²) in [5.74, 6) is 0.296. The smallest absolute Gasteiger partial charge is 0.251 e. The molecule has 0 atom stereocenters. The van der Waals surface area contributed by atoms with E-state index in [1.165, 1.54) is 31.6 Å². The summed E-state index contributed by atoms with van der Waals surface area (Å²) >= 11 is 0. The second-order valence-corrected chi connectivity index (χ2v) is 6.33. The molecule has 2 rings (SSSR count). The maximum absolute atomic E-state index is 12.1. The van der Waals surface area contributed by atoms with E-state index in [-0.39, 0.29) is 23.9 Å². The molecule has 2 aromatic rings. The van der Waals surface area contributed by atoms with Gasteiger partial charge in [0, 0.05) is 31.0 Å². The molecule has 7 nitrogen and oxygen atoms in total. The molecule has 1 amide bonds. The molecule has 0 bridgehead atoms. The summed E-state index contributed by atoms with van der Waals surface area (Å²) in [5, 5.41) is 2.63. The van der Waals surface area contributed by atoms with Crippen LogP contribution in [0.1, 0.15) is 10.4 Å². The summed E-state index contributed by atoms with van der Waals surface area (Å²) in [5.41, 5.74) is 0.470. The quantitative estimate of drug-likeness (QED) is 0.730. The van der Waals surface area contributed by atoms with Gasteiger partial charge < -0.3 is 10.1 Å². The minimum atomic E-state index is -3.61. The summed E-state index contributed by atoms with van der Waals surface area (Å²) in [7, 11) is -2.11. The van der Waals surface area contributed by atoms with E-state index in [9.17, 15) is 13.2 Å². The molecule has 0 fully saturated rings. The first-order valence-corrected chi connectivity index (χ1v) is 8.33. The SMILES string of the molecule is COc1ccc(S(=O)(=O)NCCNC(=O)c2ccncc2)cc1. The van der Waals surface area contributed by atoms with Gasteiger partial charge in [0.25, 0.3) is 5.91 Å². The molecule has 1 heterocycles. The molecule has 122 valence electrons. The summed E-state index contributed by atoms with van der Waals surface area (Å²) in [6.45, 7) is 0.266. The van der Waals surface area contributed by atoms with Crippen molar-refractivity contribution in [1.82, 2.24) is 15.0 Å². The van der Waals surface area contributed by atoms with Crippen molar-refractivity contribution in [2.45, 2.75) is 4.90 Å². The van der Waals surface area contributed by atoms with Gasteiger partial charge in [-0.3, -0.25) is 9.78 Å². The average molecular weight is 335 g/mol. The van der Waals surface area contributed by atoms with Gasteiger partial charge >= 0.3 is 0 Å². The van der Waals surface area contributed by atoms with Crippen LogP contribution >= 0.6 is 0 Å². The third-order valence-corrected chi connectivity index (χ3v) is 4.49. The summed E-state index contributed by atoms with van der Waals surface area (Å²) in [6.07, 6.45) is 3.03. The molecule has 23 heavy (non-hydrogen) atoms. The molecule has 0 aliphatic heterocycles. The summed E-state index contributed by atoms with van der Waals surface area (Å²) < 4.78 is 31.6. The van der Waals surface area contributed by atoms with Gasteiger partial charge in [-0.15, -0.1) is 0 Å². The van der Waals surface area contributed by atoms with Crippen LogP contribution in [0, 0.1) is 0 Å². The van der Waals surface area contributed by atoms with Crippen molar-refractivity contribution in [3.8, 4) is 5.75 Å². The molecule has 2 N–H and O–H groups in total. The highest BCUT2D eigenvalue weighted by Crippen LogP contribution is 2.14. The third-order valence-electron chi connectivity index (χ3n) is 3.01. The Kier molecular flexibility index (Phi) is 5.67. The molecule has 0 saturated carbocycles. The fourth-order valence-corrected chi connectivity index (χ4v) is 2.84. The number of nitrogens with zero attached hydrogens (tertiary/aromatic N) is 1. The Hall–Kier alpha value is -2.45. The Bertz CT molecular complexity index is 746. The first kappa shape index (κ1) is 16.9. The highest BCUT2D eigenvalue weighted by atomic mass is 32.2. The molecule has 0 unspecified atom stereocenters. The maximum Gasteiger partial charge on any atom is 0.251 e. The number of pyridine rings is 1. The topological polar surface area (TPSA) is 97.4 Å². The highest BCUT2D eigenvalue weighted by molar-refractivity contribution is 7.89. The van der Waals surface area contributed by atoms with Crippen LogP contribution in [-0.4, -0.2) is 39.5 Å². The monoisotopic (exact) mass is 335 g/mol. The molecule has 0 saturated heterocycles.